The van der Waals surface area contributed by atoms with Crippen molar-refractivity contribution in [1.82, 2.24) is 5.32 Å². The molecule has 0 aliphatic carbocycles. The molecule has 1 aromatic rings. The largest absolute Gasteiger partial charge is 0.416 e. The Morgan fingerprint density at radius 1 is 1.35 bits per heavy atom. The van der Waals surface area contributed by atoms with Gasteiger partial charge in [-0.1, -0.05) is 15.9 Å². The van der Waals surface area contributed by atoms with Crippen molar-refractivity contribution in [3.63, 3.8) is 0 Å². The van der Waals surface area contributed by atoms with E-state index < -0.39 is 11.7 Å². The Hall–Kier alpha value is -1.08. The summed E-state index contributed by atoms with van der Waals surface area (Å²) in [7, 11) is 0. The average Bonchev–Trinajstić information content (AvgIpc) is 2.38. The van der Waals surface area contributed by atoms with Crippen LogP contribution in [-0.4, -0.2) is 19.0 Å². The Labute approximate surface area is 123 Å². The molecule has 1 aliphatic heterocycles. The van der Waals surface area contributed by atoms with Crippen LogP contribution in [0.5, 0.6) is 0 Å². The maximum absolute atomic E-state index is 12.7. The fourth-order valence-electron chi connectivity index (χ4n) is 2.15. The number of benzene rings is 1. The topological polar surface area (TPSA) is 41.1 Å². The molecule has 2 rings (SSSR count). The van der Waals surface area contributed by atoms with Gasteiger partial charge in [-0.05, 0) is 37.6 Å². The minimum Gasteiger partial charge on any atom is -0.326 e. The zero-order chi connectivity index (χ0) is 14.8. The molecule has 0 bridgehead atoms. The number of rotatable bonds is 2. The van der Waals surface area contributed by atoms with Gasteiger partial charge in [-0.15, -0.1) is 0 Å². The van der Waals surface area contributed by atoms with Gasteiger partial charge in [0.05, 0.1) is 11.5 Å². The van der Waals surface area contributed by atoms with Gasteiger partial charge in [0.25, 0.3) is 0 Å². The lowest BCUT2D eigenvalue weighted by Crippen LogP contribution is -2.37. The van der Waals surface area contributed by atoms with Crippen LogP contribution >= 0.6 is 15.9 Å². The van der Waals surface area contributed by atoms with E-state index in [2.05, 4.69) is 26.6 Å². The molecule has 0 spiro atoms. The van der Waals surface area contributed by atoms with Crippen LogP contribution in [0.2, 0.25) is 0 Å². The van der Waals surface area contributed by atoms with E-state index in [-0.39, 0.29) is 22.0 Å². The van der Waals surface area contributed by atoms with Crippen molar-refractivity contribution < 1.29 is 18.0 Å². The smallest absolute Gasteiger partial charge is 0.326 e. The van der Waals surface area contributed by atoms with Crippen LogP contribution in [0.3, 0.4) is 0 Å². The molecule has 3 nitrogen and oxygen atoms in total. The Kier molecular flexibility index (Phi) is 4.70. The first-order valence-corrected chi connectivity index (χ1v) is 7.05. The van der Waals surface area contributed by atoms with Crippen molar-refractivity contribution in [3.05, 3.63) is 28.2 Å². The molecule has 1 fully saturated rings. The van der Waals surface area contributed by atoms with Gasteiger partial charge in [-0.3, -0.25) is 4.79 Å². The molecule has 1 atom stereocenters. The maximum atomic E-state index is 12.7. The van der Waals surface area contributed by atoms with Gasteiger partial charge in [-0.25, -0.2) is 0 Å². The monoisotopic (exact) mass is 350 g/mol. The summed E-state index contributed by atoms with van der Waals surface area (Å²) < 4.78 is 38.4. The number of piperidine rings is 1. The number of amides is 1. The third-order valence-corrected chi connectivity index (χ3v) is 3.62. The van der Waals surface area contributed by atoms with Crippen LogP contribution in [0.15, 0.2) is 22.7 Å². The summed E-state index contributed by atoms with van der Waals surface area (Å²) in [5, 5.41) is 5.65. The molecule has 0 saturated carbocycles. The molecule has 1 aliphatic rings. The molecule has 0 radical (unpaired) electrons. The van der Waals surface area contributed by atoms with E-state index in [0.717, 1.165) is 31.5 Å². The first kappa shape index (κ1) is 15.3. The standard InChI is InChI=1S/C13H14BrF3N2O/c14-10-4-9(13(15,16)17)5-11(6-10)19-12(20)8-2-1-3-18-7-8/h4-6,8,18H,1-3,7H2,(H,19,20)/t8-/m0/s1. The molecule has 0 unspecified atom stereocenters. The number of carbonyl (C=O) groups is 1. The van der Waals surface area contributed by atoms with Crippen LogP contribution in [0.1, 0.15) is 18.4 Å². The zero-order valence-electron chi connectivity index (χ0n) is 10.6. The fraction of sp³-hybridized carbons (Fsp3) is 0.462. The van der Waals surface area contributed by atoms with Crippen LogP contribution in [-0.2, 0) is 11.0 Å². The van der Waals surface area contributed by atoms with E-state index >= 15 is 0 Å². The van der Waals surface area contributed by atoms with Crippen molar-refractivity contribution in [2.24, 2.45) is 5.92 Å². The Morgan fingerprint density at radius 2 is 2.10 bits per heavy atom. The van der Waals surface area contributed by atoms with E-state index in [9.17, 15) is 18.0 Å². The fourth-order valence-corrected chi connectivity index (χ4v) is 2.64. The van der Waals surface area contributed by atoms with E-state index in [1.165, 1.54) is 6.07 Å². The summed E-state index contributed by atoms with van der Waals surface area (Å²) in [6, 6.07) is 3.39. The first-order valence-electron chi connectivity index (χ1n) is 6.25. The molecule has 1 aromatic carbocycles. The molecule has 1 saturated heterocycles. The maximum Gasteiger partial charge on any atom is 0.416 e. The predicted octanol–water partition coefficient (Wildman–Crippen LogP) is 3.41. The normalized spacial score (nSPS) is 19.7. The summed E-state index contributed by atoms with van der Waals surface area (Å²) in [6.45, 7) is 1.44. The van der Waals surface area contributed by atoms with E-state index in [1.54, 1.807) is 0 Å². The van der Waals surface area contributed by atoms with Crippen LogP contribution in [0.25, 0.3) is 0 Å². The van der Waals surface area contributed by atoms with Gasteiger partial charge in [0.1, 0.15) is 0 Å². The number of nitrogens with one attached hydrogen (secondary N) is 2. The number of hydrogen-bond donors (Lipinski definition) is 2. The molecule has 1 heterocycles. The molecule has 20 heavy (non-hydrogen) atoms. The third kappa shape index (κ3) is 3.96. The van der Waals surface area contributed by atoms with Crippen LogP contribution in [0, 0.1) is 5.92 Å². The zero-order valence-corrected chi connectivity index (χ0v) is 12.1. The molecule has 7 heteroatoms. The number of carbonyl (C=O) groups excluding carboxylic acids is 1. The Bertz CT molecular complexity index is 499. The molecule has 1 amide bonds. The molecule has 110 valence electrons. The van der Waals surface area contributed by atoms with Crippen molar-refractivity contribution >= 4 is 27.5 Å². The minimum absolute atomic E-state index is 0.155. The lowest BCUT2D eigenvalue weighted by atomic mass is 9.99. The van der Waals surface area contributed by atoms with Crippen molar-refractivity contribution in [2.45, 2.75) is 19.0 Å². The SMILES string of the molecule is O=C(Nc1cc(Br)cc(C(F)(F)F)c1)[C@H]1CCCNC1. The molecular formula is C13H14BrF3N2O. The van der Waals surface area contributed by atoms with Crippen molar-refractivity contribution in [2.75, 3.05) is 18.4 Å². The summed E-state index contributed by atoms with van der Waals surface area (Å²) in [4.78, 5) is 12.0. The number of halogens is 4. The molecule has 2 N–H and O–H groups in total. The van der Waals surface area contributed by atoms with Gasteiger partial charge in [-0.2, -0.15) is 13.2 Å². The van der Waals surface area contributed by atoms with Gasteiger partial charge in [0.15, 0.2) is 0 Å². The second-order valence-electron chi connectivity index (χ2n) is 4.76. The summed E-state index contributed by atoms with van der Waals surface area (Å²) in [5.41, 5.74) is -0.633. The molecular weight excluding hydrogens is 337 g/mol. The van der Waals surface area contributed by atoms with Crippen molar-refractivity contribution in [1.29, 1.82) is 0 Å². The first-order chi connectivity index (χ1) is 9.36. The highest BCUT2D eigenvalue weighted by Gasteiger charge is 2.31. The predicted molar refractivity (Wildman–Crippen MR) is 73.4 cm³/mol. The lowest BCUT2D eigenvalue weighted by Gasteiger charge is -2.22. The van der Waals surface area contributed by atoms with E-state index in [0.29, 0.717) is 6.54 Å². The van der Waals surface area contributed by atoms with Crippen molar-refractivity contribution in [3.8, 4) is 0 Å². The van der Waals surface area contributed by atoms with Gasteiger partial charge < -0.3 is 10.6 Å². The van der Waals surface area contributed by atoms with Crippen LogP contribution in [0.4, 0.5) is 18.9 Å². The number of hydrogen-bond acceptors (Lipinski definition) is 2. The summed E-state index contributed by atoms with van der Waals surface area (Å²) in [5.74, 6) is -0.444. The highest BCUT2D eigenvalue weighted by molar-refractivity contribution is 9.10. The highest BCUT2D eigenvalue weighted by Crippen LogP contribution is 2.33. The quantitative estimate of drug-likeness (QED) is 0.858. The summed E-state index contributed by atoms with van der Waals surface area (Å²) in [6.07, 6.45) is -2.79. The Balaban J connectivity index is 2.12. The van der Waals surface area contributed by atoms with Gasteiger partial charge >= 0.3 is 6.18 Å². The molecule has 0 aromatic heterocycles. The van der Waals surface area contributed by atoms with Gasteiger partial charge in [0.2, 0.25) is 5.91 Å². The number of alkyl halides is 3. The van der Waals surface area contributed by atoms with E-state index in [1.807, 2.05) is 0 Å². The average molecular weight is 351 g/mol. The van der Waals surface area contributed by atoms with E-state index in [4.69, 9.17) is 0 Å². The van der Waals surface area contributed by atoms with Gasteiger partial charge in [0, 0.05) is 16.7 Å². The number of anilines is 1. The summed E-state index contributed by atoms with van der Waals surface area (Å²) >= 11 is 3.03. The minimum atomic E-state index is -4.43. The third-order valence-electron chi connectivity index (χ3n) is 3.16. The second-order valence-corrected chi connectivity index (χ2v) is 5.67. The Morgan fingerprint density at radius 3 is 2.70 bits per heavy atom. The lowest BCUT2D eigenvalue weighted by molar-refractivity contribution is -0.137. The second kappa shape index (κ2) is 6.13. The highest BCUT2D eigenvalue weighted by atomic mass is 79.9. The van der Waals surface area contributed by atoms with Crippen LogP contribution < -0.4 is 10.6 Å².